The maximum Gasteiger partial charge on any atom is 0.273 e. The summed E-state index contributed by atoms with van der Waals surface area (Å²) in [6.07, 6.45) is 1.05. The quantitative estimate of drug-likeness (QED) is 0.702. The molecule has 1 heterocycles. The zero-order chi connectivity index (χ0) is 15.4. The largest absolute Gasteiger partial charge is 0.447 e. The maximum atomic E-state index is 11.8. The molecule has 116 valence electrons. The van der Waals surface area contributed by atoms with E-state index < -0.39 is 19.9 Å². The van der Waals surface area contributed by atoms with Gasteiger partial charge in [-0.05, 0) is 12.1 Å². The van der Waals surface area contributed by atoms with Gasteiger partial charge in [0, 0.05) is 18.8 Å². The van der Waals surface area contributed by atoms with Crippen LogP contribution in [0.1, 0.15) is 19.6 Å². The summed E-state index contributed by atoms with van der Waals surface area (Å²) in [5.74, 6) is 0.247. The highest BCUT2D eigenvalue weighted by molar-refractivity contribution is 7.91. The fourth-order valence-corrected chi connectivity index (χ4v) is 2.91. The van der Waals surface area contributed by atoms with Gasteiger partial charge < -0.3 is 9.73 Å². The lowest BCUT2D eigenvalue weighted by Crippen LogP contribution is -2.28. The van der Waals surface area contributed by atoms with Gasteiger partial charge in [0.15, 0.2) is 0 Å². The molecule has 0 amide bonds. The Morgan fingerprint density at radius 2 is 1.85 bits per heavy atom. The molecule has 0 radical (unpaired) electrons. The molecule has 0 aliphatic carbocycles. The monoisotopic (exact) mass is 324 g/mol. The third-order valence-electron chi connectivity index (χ3n) is 2.35. The van der Waals surface area contributed by atoms with E-state index in [0.29, 0.717) is 12.3 Å². The lowest BCUT2D eigenvalue weighted by atomic mass is 10.3. The van der Waals surface area contributed by atoms with Crippen LogP contribution in [0.3, 0.4) is 0 Å². The highest BCUT2D eigenvalue weighted by Gasteiger charge is 2.19. The minimum atomic E-state index is -3.81. The van der Waals surface area contributed by atoms with E-state index in [-0.39, 0.29) is 23.4 Å². The van der Waals surface area contributed by atoms with Crippen LogP contribution in [0.15, 0.2) is 21.6 Å². The van der Waals surface area contributed by atoms with Crippen molar-refractivity contribution >= 4 is 19.9 Å². The van der Waals surface area contributed by atoms with Crippen LogP contribution >= 0.6 is 0 Å². The molecule has 7 nitrogen and oxygen atoms in total. The maximum absolute atomic E-state index is 11.8. The van der Waals surface area contributed by atoms with Crippen LogP contribution in [0.5, 0.6) is 0 Å². The standard InChI is InChI=1S/C11H20N2O5S2/c1-9(2)12-8-10-4-5-11(18-10)20(16,17)13-6-7-19(3,14)15/h4-5,9,12-13H,6-8H2,1-3H3. The second kappa shape index (κ2) is 6.70. The molecule has 0 spiro atoms. The van der Waals surface area contributed by atoms with Gasteiger partial charge >= 0.3 is 0 Å². The molecule has 1 aromatic heterocycles. The molecule has 0 aliphatic heterocycles. The van der Waals surface area contributed by atoms with Crippen LogP contribution in [0.2, 0.25) is 0 Å². The van der Waals surface area contributed by atoms with Crippen molar-refractivity contribution in [2.45, 2.75) is 31.5 Å². The molecule has 0 bridgehead atoms. The number of furan rings is 1. The Morgan fingerprint density at radius 1 is 1.20 bits per heavy atom. The van der Waals surface area contributed by atoms with E-state index >= 15 is 0 Å². The predicted octanol–water partition coefficient (Wildman–Crippen LogP) is 0.101. The van der Waals surface area contributed by atoms with Crippen molar-refractivity contribution in [2.24, 2.45) is 0 Å². The Hall–Kier alpha value is -0.900. The van der Waals surface area contributed by atoms with Gasteiger partial charge in [-0.3, -0.25) is 0 Å². The number of nitrogens with one attached hydrogen (secondary N) is 2. The van der Waals surface area contributed by atoms with E-state index in [4.69, 9.17) is 4.42 Å². The van der Waals surface area contributed by atoms with Crippen LogP contribution in [-0.4, -0.2) is 41.4 Å². The van der Waals surface area contributed by atoms with Gasteiger partial charge in [-0.2, -0.15) is 0 Å². The van der Waals surface area contributed by atoms with Crippen molar-refractivity contribution in [1.29, 1.82) is 0 Å². The number of rotatable bonds is 8. The van der Waals surface area contributed by atoms with Crippen LogP contribution < -0.4 is 10.0 Å². The first kappa shape index (κ1) is 17.2. The molecule has 1 aromatic rings. The Labute approximate surface area is 119 Å². The third-order valence-corrected chi connectivity index (χ3v) is 4.63. The van der Waals surface area contributed by atoms with Crippen LogP contribution in [0.25, 0.3) is 0 Å². The number of sulfone groups is 1. The molecular weight excluding hydrogens is 304 g/mol. The SMILES string of the molecule is CC(C)NCc1ccc(S(=O)(=O)NCCS(C)(=O)=O)o1. The molecule has 0 saturated carbocycles. The lowest BCUT2D eigenvalue weighted by molar-refractivity contribution is 0.393. The van der Waals surface area contributed by atoms with Gasteiger partial charge in [-0.15, -0.1) is 0 Å². The van der Waals surface area contributed by atoms with Crippen LogP contribution in [0, 0.1) is 0 Å². The van der Waals surface area contributed by atoms with Crippen molar-refractivity contribution in [1.82, 2.24) is 10.0 Å². The molecule has 0 saturated heterocycles. The minimum Gasteiger partial charge on any atom is -0.447 e. The van der Waals surface area contributed by atoms with Gasteiger partial charge in [0.25, 0.3) is 10.0 Å². The van der Waals surface area contributed by atoms with Gasteiger partial charge in [0.1, 0.15) is 15.6 Å². The smallest absolute Gasteiger partial charge is 0.273 e. The molecule has 2 N–H and O–H groups in total. The lowest BCUT2D eigenvalue weighted by Gasteiger charge is -2.05. The molecule has 0 fully saturated rings. The summed E-state index contributed by atoms with van der Waals surface area (Å²) >= 11 is 0. The van der Waals surface area contributed by atoms with Gasteiger partial charge in [0.2, 0.25) is 5.09 Å². The molecule has 0 aliphatic rings. The van der Waals surface area contributed by atoms with E-state index in [9.17, 15) is 16.8 Å². The normalized spacial score (nSPS) is 13.0. The van der Waals surface area contributed by atoms with Crippen molar-refractivity contribution in [2.75, 3.05) is 18.6 Å². The van der Waals surface area contributed by atoms with E-state index in [0.717, 1.165) is 6.26 Å². The molecule has 9 heteroatoms. The van der Waals surface area contributed by atoms with Crippen molar-refractivity contribution in [3.63, 3.8) is 0 Å². The summed E-state index contributed by atoms with van der Waals surface area (Å²) in [4.78, 5) is 0. The summed E-state index contributed by atoms with van der Waals surface area (Å²) in [7, 11) is -7.02. The Balaban J connectivity index is 2.64. The van der Waals surface area contributed by atoms with Gasteiger partial charge in [-0.1, -0.05) is 13.8 Å². The van der Waals surface area contributed by atoms with Crippen molar-refractivity contribution in [3.05, 3.63) is 17.9 Å². The molecule has 0 unspecified atom stereocenters. The topological polar surface area (TPSA) is 105 Å². The highest BCUT2D eigenvalue weighted by atomic mass is 32.2. The van der Waals surface area contributed by atoms with Crippen LogP contribution in [-0.2, 0) is 26.4 Å². The fourth-order valence-electron chi connectivity index (χ4n) is 1.33. The summed E-state index contributed by atoms with van der Waals surface area (Å²) in [5, 5.41) is 2.89. The van der Waals surface area contributed by atoms with E-state index in [2.05, 4.69) is 10.0 Å². The fraction of sp³-hybridized carbons (Fsp3) is 0.636. The van der Waals surface area contributed by atoms with E-state index in [1.54, 1.807) is 6.07 Å². The minimum absolute atomic E-state index is 0.179. The van der Waals surface area contributed by atoms with E-state index in [1.807, 2.05) is 13.8 Å². The molecule has 20 heavy (non-hydrogen) atoms. The first-order valence-electron chi connectivity index (χ1n) is 6.09. The van der Waals surface area contributed by atoms with Gasteiger partial charge in [-0.25, -0.2) is 21.6 Å². The number of sulfonamides is 1. The summed E-state index contributed by atoms with van der Waals surface area (Å²) in [6, 6.07) is 3.17. The highest BCUT2D eigenvalue weighted by Crippen LogP contribution is 2.13. The zero-order valence-electron chi connectivity index (χ0n) is 11.7. The first-order chi connectivity index (χ1) is 9.10. The summed E-state index contributed by atoms with van der Waals surface area (Å²) < 4.78 is 53.0. The summed E-state index contributed by atoms with van der Waals surface area (Å²) in [6.45, 7) is 4.18. The van der Waals surface area contributed by atoms with Crippen LogP contribution in [0.4, 0.5) is 0 Å². The first-order valence-corrected chi connectivity index (χ1v) is 9.64. The number of hydrogen-bond donors (Lipinski definition) is 2. The average molecular weight is 324 g/mol. The van der Waals surface area contributed by atoms with Crippen molar-refractivity contribution in [3.8, 4) is 0 Å². The van der Waals surface area contributed by atoms with Gasteiger partial charge in [0.05, 0.1) is 12.3 Å². The van der Waals surface area contributed by atoms with E-state index in [1.165, 1.54) is 6.07 Å². The molecule has 0 aromatic carbocycles. The Kier molecular flexibility index (Phi) is 5.75. The second-order valence-corrected chi connectivity index (χ2v) is 8.74. The average Bonchev–Trinajstić information content (AvgIpc) is 2.73. The van der Waals surface area contributed by atoms with Crippen molar-refractivity contribution < 1.29 is 21.3 Å². The Morgan fingerprint density at radius 3 is 2.40 bits per heavy atom. The second-order valence-electron chi connectivity index (χ2n) is 4.78. The molecule has 1 rings (SSSR count). The zero-order valence-corrected chi connectivity index (χ0v) is 13.3. The Bertz CT molecular complexity index is 632. The predicted molar refractivity (Wildman–Crippen MR) is 75.6 cm³/mol. The third kappa shape index (κ3) is 6.04. The molecular formula is C11H20N2O5S2. The molecule has 0 atom stereocenters. The summed E-state index contributed by atoms with van der Waals surface area (Å²) in [5.41, 5.74) is 0. The number of hydrogen-bond acceptors (Lipinski definition) is 6.